The van der Waals surface area contributed by atoms with Crippen molar-refractivity contribution in [2.24, 2.45) is 11.8 Å². The van der Waals surface area contributed by atoms with Gasteiger partial charge in [0.05, 0.1) is 0 Å². The number of allylic oxidation sites excluding steroid dienone is 4. The molecule has 200 valence electrons. The Hall–Kier alpha value is -4.13. The van der Waals surface area contributed by atoms with Crippen LogP contribution in [0.3, 0.4) is 0 Å². The molecule has 3 aliphatic carbocycles. The first kappa shape index (κ1) is 25.2. The van der Waals surface area contributed by atoms with E-state index in [1.54, 1.807) is 6.08 Å². The maximum absolute atomic E-state index is 14.4. The predicted octanol–water partition coefficient (Wildman–Crippen LogP) is 5.11. The summed E-state index contributed by atoms with van der Waals surface area (Å²) in [6.45, 7) is 7.57. The third kappa shape index (κ3) is 3.19. The summed E-state index contributed by atoms with van der Waals surface area (Å²) < 4.78 is 12.8. The highest BCUT2D eigenvalue weighted by Crippen LogP contribution is 2.68. The van der Waals surface area contributed by atoms with Crippen molar-refractivity contribution >= 4 is 17.5 Å². The molecule has 2 aliphatic heterocycles. The zero-order valence-electron chi connectivity index (χ0n) is 22.3. The smallest absolute Gasteiger partial charge is 0.315 e. The Morgan fingerprint density at radius 3 is 2.31 bits per heavy atom. The van der Waals surface area contributed by atoms with Gasteiger partial charge in [-0.05, 0) is 39.7 Å². The molecule has 1 spiro atoms. The average Bonchev–Trinajstić information content (AvgIpc) is 3.09. The lowest BCUT2D eigenvalue weighted by Crippen LogP contribution is -2.73. The molecular formula is C32H30O7. The number of carbonyl (C=O) groups excluding carboxylic acids is 3. The zero-order chi connectivity index (χ0) is 27.9. The van der Waals surface area contributed by atoms with Crippen LogP contribution in [0, 0.1) is 11.8 Å². The Kier molecular flexibility index (Phi) is 5.44. The van der Waals surface area contributed by atoms with E-state index in [9.17, 15) is 24.6 Å². The van der Waals surface area contributed by atoms with Crippen molar-refractivity contribution in [1.29, 1.82) is 0 Å². The van der Waals surface area contributed by atoms with E-state index in [4.69, 9.17) is 9.47 Å². The maximum Gasteiger partial charge on any atom is 0.315 e. The van der Waals surface area contributed by atoms with Crippen LogP contribution in [0.4, 0.5) is 0 Å². The second-order valence-corrected chi connectivity index (χ2v) is 11.4. The average molecular weight is 527 g/mol. The topological polar surface area (TPSA) is 110 Å². The number of benzene rings is 2. The van der Waals surface area contributed by atoms with Gasteiger partial charge in [-0.1, -0.05) is 59.7 Å². The molecule has 0 radical (unpaired) electrons. The van der Waals surface area contributed by atoms with Gasteiger partial charge < -0.3 is 19.7 Å². The molecule has 0 unspecified atom stereocenters. The number of Topliss-reactive ketones (excluding diaryl/α,β-unsaturated/α-hetero) is 2. The van der Waals surface area contributed by atoms with E-state index in [0.29, 0.717) is 5.56 Å². The first-order valence-electron chi connectivity index (χ1n) is 13.2. The molecule has 1 saturated heterocycles. The molecule has 5 aliphatic rings. The highest BCUT2D eigenvalue weighted by Gasteiger charge is 2.83. The van der Waals surface area contributed by atoms with Crippen LogP contribution in [0.1, 0.15) is 61.5 Å². The third-order valence-electron chi connectivity index (χ3n) is 8.53. The van der Waals surface area contributed by atoms with Gasteiger partial charge in [-0.3, -0.25) is 14.4 Å². The van der Waals surface area contributed by atoms with E-state index in [2.05, 4.69) is 0 Å². The molecule has 2 aromatic rings. The van der Waals surface area contributed by atoms with Gasteiger partial charge in [0, 0.05) is 35.5 Å². The number of hydrogen-bond acceptors (Lipinski definition) is 7. The third-order valence-corrected chi connectivity index (χ3v) is 8.53. The number of rotatable bonds is 5. The second-order valence-electron chi connectivity index (χ2n) is 11.4. The van der Waals surface area contributed by atoms with Gasteiger partial charge in [-0.25, -0.2) is 0 Å². The fourth-order valence-electron chi connectivity index (χ4n) is 6.83. The van der Waals surface area contributed by atoms with Crippen molar-refractivity contribution in [3.05, 3.63) is 88.0 Å². The van der Waals surface area contributed by atoms with Crippen molar-refractivity contribution in [3.8, 4) is 17.2 Å². The van der Waals surface area contributed by atoms with E-state index in [1.165, 1.54) is 0 Å². The minimum atomic E-state index is -1.76. The van der Waals surface area contributed by atoms with E-state index in [0.717, 1.165) is 22.8 Å². The predicted molar refractivity (Wildman–Crippen MR) is 143 cm³/mol. The molecule has 4 bridgehead atoms. The summed E-state index contributed by atoms with van der Waals surface area (Å²) in [4.78, 5) is 42.4. The van der Waals surface area contributed by atoms with Crippen LogP contribution in [0.25, 0.3) is 0 Å². The highest BCUT2D eigenvalue weighted by molar-refractivity contribution is 6.20. The van der Waals surface area contributed by atoms with Crippen molar-refractivity contribution in [2.75, 3.05) is 0 Å². The first-order valence-corrected chi connectivity index (χ1v) is 13.2. The monoisotopic (exact) mass is 526 g/mol. The van der Waals surface area contributed by atoms with Crippen LogP contribution in [0.15, 0.2) is 71.3 Å². The van der Waals surface area contributed by atoms with Crippen LogP contribution >= 0.6 is 0 Å². The van der Waals surface area contributed by atoms with Crippen LogP contribution < -0.4 is 4.74 Å². The second kappa shape index (κ2) is 8.43. The summed E-state index contributed by atoms with van der Waals surface area (Å²) in [7, 11) is 0. The van der Waals surface area contributed by atoms with Crippen LogP contribution in [0.5, 0.6) is 17.2 Å². The van der Waals surface area contributed by atoms with Crippen molar-refractivity contribution in [1.82, 2.24) is 0 Å². The molecule has 2 aromatic carbocycles. The molecule has 7 heteroatoms. The Labute approximate surface area is 226 Å². The Balaban J connectivity index is 1.67. The largest absolute Gasteiger partial charge is 0.507 e. The number of hydrogen-bond donors (Lipinski definition) is 2. The molecule has 0 amide bonds. The number of aromatic hydroxyl groups is 2. The standard InChI is InChI=1S/C32H30O7/c1-16(2)10-11-19-22(33)15-23(34)25-27(35)21-14-20-24(18-8-6-5-7-9-18)26-30(37)39-31(29(20)36,13-12-17(3)4)32(21,26)38-28(19)25/h5-10,12,14-15,20,24,26,33-34H,11,13H2,1-4H3/t20-,24+,26+,31+,32-/m1/s1. The molecule has 5 atom stereocenters. The molecule has 2 fully saturated rings. The zero-order valence-corrected chi connectivity index (χ0v) is 22.3. The quantitative estimate of drug-likeness (QED) is 0.411. The first-order chi connectivity index (χ1) is 18.5. The Morgan fingerprint density at radius 1 is 0.949 bits per heavy atom. The van der Waals surface area contributed by atoms with Crippen molar-refractivity contribution < 1.29 is 34.1 Å². The van der Waals surface area contributed by atoms with Gasteiger partial charge in [0.15, 0.2) is 17.2 Å². The highest BCUT2D eigenvalue weighted by atomic mass is 16.6. The minimum absolute atomic E-state index is 0.0167. The summed E-state index contributed by atoms with van der Waals surface area (Å²) in [6.07, 6.45) is 5.58. The summed E-state index contributed by atoms with van der Waals surface area (Å²) in [6, 6.07) is 10.4. The molecule has 1 saturated carbocycles. The van der Waals surface area contributed by atoms with Gasteiger partial charge in [-0.2, -0.15) is 0 Å². The van der Waals surface area contributed by atoms with Gasteiger partial charge >= 0.3 is 5.97 Å². The van der Waals surface area contributed by atoms with Crippen molar-refractivity contribution in [2.45, 2.75) is 57.7 Å². The van der Waals surface area contributed by atoms with Crippen LogP contribution in [-0.4, -0.2) is 39.0 Å². The van der Waals surface area contributed by atoms with E-state index < -0.39 is 46.5 Å². The molecule has 0 aromatic heterocycles. The number of fused-ring (bicyclic) bond motifs is 1. The summed E-state index contributed by atoms with van der Waals surface area (Å²) in [5.41, 5.74) is -0.473. The lowest BCUT2D eigenvalue weighted by molar-refractivity contribution is -0.171. The minimum Gasteiger partial charge on any atom is -0.507 e. The molecular weight excluding hydrogens is 496 g/mol. The van der Waals surface area contributed by atoms with Gasteiger partial charge in [0.1, 0.15) is 28.7 Å². The van der Waals surface area contributed by atoms with Gasteiger partial charge in [0.25, 0.3) is 0 Å². The van der Waals surface area contributed by atoms with E-state index >= 15 is 0 Å². The number of phenolic OH excluding ortho intramolecular Hbond substituents is 2. The maximum atomic E-state index is 14.4. The number of phenols is 2. The van der Waals surface area contributed by atoms with E-state index in [1.807, 2.05) is 70.2 Å². The Morgan fingerprint density at radius 2 is 1.64 bits per heavy atom. The normalized spacial score (nSPS) is 29.6. The SMILES string of the molecule is CC(C)=CCc1c(O)cc(O)c2c1O[C@@]13C(=C[C@H]4C(=O)[C@]1(CC=C(C)C)OC(=O)[C@@H]3[C@H]4c1ccccc1)C2=O. The number of ether oxygens (including phenoxy) is 2. The van der Waals surface area contributed by atoms with Crippen molar-refractivity contribution in [3.63, 3.8) is 0 Å². The van der Waals surface area contributed by atoms with Crippen LogP contribution in [0.2, 0.25) is 0 Å². The molecule has 2 heterocycles. The fourth-order valence-corrected chi connectivity index (χ4v) is 6.83. The van der Waals surface area contributed by atoms with E-state index in [-0.39, 0.29) is 41.3 Å². The lowest BCUT2D eigenvalue weighted by Gasteiger charge is -2.57. The lowest BCUT2D eigenvalue weighted by atomic mass is 9.48. The molecule has 7 nitrogen and oxygen atoms in total. The number of ketones is 2. The van der Waals surface area contributed by atoms with Gasteiger partial charge in [0.2, 0.25) is 5.60 Å². The van der Waals surface area contributed by atoms with Crippen LogP contribution in [-0.2, 0) is 20.7 Å². The fraction of sp³-hybridized carbons (Fsp3) is 0.344. The summed E-state index contributed by atoms with van der Waals surface area (Å²) in [5, 5.41) is 21.7. The Bertz CT molecular complexity index is 1540. The molecule has 7 rings (SSSR count). The summed E-state index contributed by atoms with van der Waals surface area (Å²) >= 11 is 0. The number of esters is 1. The molecule has 39 heavy (non-hydrogen) atoms. The van der Waals surface area contributed by atoms with Gasteiger partial charge in [-0.15, -0.1) is 0 Å². The number of carbonyl (C=O) groups is 3. The summed E-state index contributed by atoms with van der Waals surface area (Å²) in [5.74, 6) is -4.49. The molecule has 2 N–H and O–H groups in total.